The third-order valence-electron chi connectivity index (χ3n) is 4.00. The Morgan fingerprint density at radius 3 is 2.29 bits per heavy atom. The van der Waals surface area contributed by atoms with Crippen LogP contribution in [-0.2, 0) is 6.42 Å². The maximum absolute atomic E-state index is 13.1. The van der Waals surface area contributed by atoms with Crippen LogP contribution in [0, 0.1) is 11.7 Å². The Kier molecular flexibility index (Phi) is 4.20. The molecule has 0 radical (unpaired) electrons. The van der Waals surface area contributed by atoms with Gasteiger partial charge < -0.3 is 10.4 Å². The first kappa shape index (κ1) is 14.1. The van der Waals surface area contributed by atoms with E-state index in [2.05, 4.69) is 5.32 Å². The highest BCUT2D eigenvalue weighted by molar-refractivity contribution is 5.47. The summed E-state index contributed by atoms with van der Waals surface area (Å²) in [6.07, 6.45) is 3.12. The van der Waals surface area contributed by atoms with Gasteiger partial charge in [0, 0.05) is 12.3 Å². The summed E-state index contributed by atoms with van der Waals surface area (Å²) >= 11 is 0. The lowest BCUT2D eigenvalue weighted by Crippen LogP contribution is -2.13. The van der Waals surface area contributed by atoms with Crippen molar-refractivity contribution in [1.29, 1.82) is 0 Å². The second kappa shape index (κ2) is 6.27. The number of hydrogen-bond donors (Lipinski definition) is 2. The summed E-state index contributed by atoms with van der Waals surface area (Å²) in [5.41, 5.74) is 3.34. The molecule has 21 heavy (non-hydrogen) atoms. The molecule has 2 N–H and O–H groups in total. The van der Waals surface area contributed by atoms with Gasteiger partial charge in [-0.25, -0.2) is 4.39 Å². The van der Waals surface area contributed by atoms with E-state index >= 15 is 0 Å². The standard InChI is InChI=1S/C18H20FNO/c19-16-7-5-15(6-8-16)18(14-3-4-14)20-17-9-1-13(2-10-17)11-12-21/h1-2,5-10,14,18,20-21H,3-4,11-12H2. The van der Waals surface area contributed by atoms with Crippen LogP contribution < -0.4 is 5.32 Å². The lowest BCUT2D eigenvalue weighted by atomic mass is 10.0. The number of aliphatic hydroxyl groups is 1. The monoisotopic (exact) mass is 285 g/mol. The van der Waals surface area contributed by atoms with Crippen LogP contribution in [-0.4, -0.2) is 11.7 Å². The van der Waals surface area contributed by atoms with E-state index in [1.807, 2.05) is 36.4 Å². The molecule has 2 aromatic carbocycles. The van der Waals surface area contributed by atoms with Gasteiger partial charge in [0.1, 0.15) is 5.82 Å². The molecule has 110 valence electrons. The summed E-state index contributed by atoms with van der Waals surface area (Å²) in [6, 6.07) is 15.2. The van der Waals surface area contributed by atoms with Crippen molar-refractivity contribution in [1.82, 2.24) is 0 Å². The fourth-order valence-electron chi connectivity index (χ4n) is 2.65. The molecule has 0 saturated heterocycles. The summed E-state index contributed by atoms with van der Waals surface area (Å²) in [6.45, 7) is 0.174. The molecule has 1 aliphatic carbocycles. The van der Waals surface area contributed by atoms with Gasteiger partial charge in [-0.1, -0.05) is 24.3 Å². The Morgan fingerprint density at radius 1 is 1.05 bits per heavy atom. The molecule has 0 amide bonds. The fraction of sp³-hybridized carbons (Fsp3) is 0.333. The number of halogens is 1. The van der Waals surface area contributed by atoms with Gasteiger partial charge in [0.2, 0.25) is 0 Å². The van der Waals surface area contributed by atoms with Gasteiger partial charge in [0.25, 0.3) is 0 Å². The molecule has 2 aromatic rings. The zero-order chi connectivity index (χ0) is 14.7. The summed E-state index contributed by atoms with van der Waals surface area (Å²) in [5, 5.41) is 12.5. The zero-order valence-corrected chi connectivity index (χ0v) is 11.9. The van der Waals surface area contributed by atoms with Gasteiger partial charge in [-0.15, -0.1) is 0 Å². The number of benzene rings is 2. The topological polar surface area (TPSA) is 32.3 Å². The van der Waals surface area contributed by atoms with Crippen molar-refractivity contribution in [3.05, 3.63) is 65.5 Å². The van der Waals surface area contributed by atoms with Crippen molar-refractivity contribution >= 4 is 5.69 Å². The van der Waals surface area contributed by atoms with Crippen LogP contribution in [0.3, 0.4) is 0 Å². The van der Waals surface area contributed by atoms with Crippen LogP contribution in [0.25, 0.3) is 0 Å². The van der Waals surface area contributed by atoms with E-state index in [1.165, 1.54) is 25.0 Å². The summed E-state index contributed by atoms with van der Waals surface area (Å²) in [7, 11) is 0. The molecule has 1 aliphatic rings. The van der Waals surface area contributed by atoms with Crippen LogP contribution in [0.2, 0.25) is 0 Å². The van der Waals surface area contributed by atoms with Crippen molar-refractivity contribution < 1.29 is 9.50 Å². The van der Waals surface area contributed by atoms with Gasteiger partial charge in [-0.2, -0.15) is 0 Å². The van der Waals surface area contributed by atoms with Crippen molar-refractivity contribution in [2.24, 2.45) is 5.92 Å². The third-order valence-corrected chi connectivity index (χ3v) is 4.00. The minimum Gasteiger partial charge on any atom is -0.396 e. The van der Waals surface area contributed by atoms with Gasteiger partial charge in [0.15, 0.2) is 0 Å². The first-order valence-electron chi connectivity index (χ1n) is 7.48. The number of nitrogens with one attached hydrogen (secondary N) is 1. The van der Waals surface area contributed by atoms with Gasteiger partial charge in [0.05, 0.1) is 6.04 Å². The number of rotatable bonds is 6. The smallest absolute Gasteiger partial charge is 0.123 e. The second-order valence-corrected chi connectivity index (χ2v) is 5.68. The minimum absolute atomic E-state index is 0.174. The van der Waals surface area contributed by atoms with Crippen LogP contribution >= 0.6 is 0 Å². The SMILES string of the molecule is OCCc1ccc(NC(c2ccc(F)cc2)C2CC2)cc1. The number of anilines is 1. The zero-order valence-electron chi connectivity index (χ0n) is 11.9. The number of aliphatic hydroxyl groups excluding tert-OH is 1. The highest BCUT2D eigenvalue weighted by Crippen LogP contribution is 2.42. The third kappa shape index (κ3) is 3.61. The fourth-order valence-corrected chi connectivity index (χ4v) is 2.65. The summed E-state index contributed by atoms with van der Waals surface area (Å²) < 4.78 is 13.1. The van der Waals surface area contributed by atoms with Crippen LogP contribution in [0.5, 0.6) is 0 Å². The maximum atomic E-state index is 13.1. The van der Waals surface area contributed by atoms with Crippen LogP contribution in [0.15, 0.2) is 48.5 Å². The molecule has 0 spiro atoms. The lowest BCUT2D eigenvalue weighted by molar-refractivity contribution is 0.299. The Labute approximate surface area is 124 Å². The predicted octanol–water partition coefficient (Wildman–Crippen LogP) is 3.92. The Hall–Kier alpha value is -1.87. The van der Waals surface area contributed by atoms with E-state index in [9.17, 15) is 4.39 Å². The molecule has 1 fully saturated rings. The van der Waals surface area contributed by atoms with E-state index in [-0.39, 0.29) is 18.5 Å². The Morgan fingerprint density at radius 2 is 1.71 bits per heavy atom. The quantitative estimate of drug-likeness (QED) is 0.843. The molecule has 1 atom stereocenters. The molecule has 0 aliphatic heterocycles. The van der Waals surface area contributed by atoms with Crippen molar-refractivity contribution in [3.8, 4) is 0 Å². The van der Waals surface area contributed by atoms with Crippen LogP contribution in [0.4, 0.5) is 10.1 Å². The van der Waals surface area contributed by atoms with Crippen LogP contribution in [0.1, 0.15) is 30.0 Å². The first-order valence-corrected chi connectivity index (χ1v) is 7.48. The van der Waals surface area contributed by atoms with E-state index in [4.69, 9.17) is 5.11 Å². The molecule has 3 rings (SSSR count). The van der Waals surface area contributed by atoms with E-state index in [1.54, 1.807) is 0 Å². The highest BCUT2D eigenvalue weighted by Gasteiger charge is 2.32. The van der Waals surface area contributed by atoms with E-state index in [0.29, 0.717) is 12.3 Å². The Balaban J connectivity index is 1.74. The second-order valence-electron chi connectivity index (χ2n) is 5.68. The Bertz CT molecular complexity index is 575. The lowest BCUT2D eigenvalue weighted by Gasteiger charge is -2.20. The van der Waals surface area contributed by atoms with E-state index < -0.39 is 0 Å². The number of hydrogen-bond acceptors (Lipinski definition) is 2. The normalized spacial score (nSPS) is 15.7. The maximum Gasteiger partial charge on any atom is 0.123 e. The molecule has 3 heteroatoms. The molecular weight excluding hydrogens is 265 g/mol. The molecule has 0 aromatic heterocycles. The highest BCUT2D eigenvalue weighted by atomic mass is 19.1. The molecule has 1 unspecified atom stereocenters. The van der Waals surface area contributed by atoms with Crippen molar-refractivity contribution in [2.75, 3.05) is 11.9 Å². The molecule has 1 saturated carbocycles. The molecular formula is C18H20FNO. The van der Waals surface area contributed by atoms with Gasteiger partial charge >= 0.3 is 0 Å². The van der Waals surface area contributed by atoms with Crippen molar-refractivity contribution in [3.63, 3.8) is 0 Å². The predicted molar refractivity (Wildman–Crippen MR) is 82.7 cm³/mol. The average Bonchev–Trinajstić information content (AvgIpc) is 3.33. The first-order chi connectivity index (χ1) is 10.3. The largest absolute Gasteiger partial charge is 0.396 e. The average molecular weight is 285 g/mol. The molecule has 2 nitrogen and oxygen atoms in total. The van der Waals surface area contributed by atoms with Gasteiger partial charge in [-0.3, -0.25) is 0 Å². The summed E-state index contributed by atoms with van der Waals surface area (Å²) in [4.78, 5) is 0. The van der Waals surface area contributed by atoms with Crippen molar-refractivity contribution in [2.45, 2.75) is 25.3 Å². The molecule has 0 bridgehead atoms. The molecule has 0 heterocycles. The van der Waals surface area contributed by atoms with E-state index in [0.717, 1.165) is 16.8 Å². The summed E-state index contributed by atoms with van der Waals surface area (Å²) in [5.74, 6) is 0.439. The minimum atomic E-state index is -0.193. The van der Waals surface area contributed by atoms with Gasteiger partial charge in [-0.05, 0) is 60.6 Å².